The minimum Gasteiger partial charge on any atom is -0.871 e. The van der Waals surface area contributed by atoms with Crippen molar-refractivity contribution in [3.05, 3.63) is 111 Å². The number of non-ortho nitro benzene ring substituents is 2. The first kappa shape index (κ1) is 46.8. The van der Waals surface area contributed by atoms with Crippen LogP contribution in [0, 0.1) is 20.2 Å². The Bertz CT molecular complexity index is 3170. The summed E-state index contributed by atoms with van der Waals surface area (Å²) in [4.78, 5) is 17.2. The fourth-order valence-electron chi connectivity index (χ4n) is 5.08. The van der Waals surface area contributed by atoms with Crippen molar-refractivity contribution in [3.63, 3.8) is 0 Å². The molecule has 0 saturated heterocycles. The van der Waals surface area contributed by atoms with E-state index in [9.17, 15) is 79.6 Å². The molecule has 315 valence electrons. The van der Waals surface area contributed by atoms with Gasteiger partial charge in [0.1, 0.15) is 36.2 Å². The van der Waals surface area contributed by atoms with Crippen LogP contribution >= 0.6 is 0 Å². The maximum atomic E-state index is 13.0. The van der Waals surface area contributed by atoms with E-state index in [0.717, 1.165) is 41.8 Å². The third-order valence-electron chi connectivity index (χ3n) is 7.79. The molecule has 1 N–H and O–H groups in total. The minimum atomic E-state index is -5.53. The van der Waals surface area contributed by atoms with Crippen molar-refractivity contribution in [3.8, 4) is 23.0 Å². The van der Waals surface area contributed by atoms with E-state index in [1.165, 1.54) is 6.07 Å². The van der Waals surface area contributed by atoms with Crippen LogP contribution in [0.2, 0.25) is 0 Å². The van der Waals surface area contributed by atoms with E-state index in [4.69, 9.17) is 0 Å². The summed E-state index contributed by atoms with van der Waals surface area (Å²) in [5.74, 6) is -4.87. The molecule has 0 atom stereocenters. The summed E-state index contributed by atoms with van der Waals surface area (Å²) in [6.07, 6.45) is 0. The van der Waals surface area contributed by atoms with Gasteiger partial charge < -0.3 is 39.4 Å². The summed E-state index contributed by atoms with van der Waals surface area (Å²) in [5.41, 5.74) is -3.86. The molecular weight excluding hydrogens is 915 g/mol. The quantitative estimate of drug-likeness (QED) is 0.0835. The second-order valence-electron chi connectivity index (χ2n) is 11.8. The van der Waals surface area contributed by atoms with Gasteiger partial charge >= 0.3 is 23.1 Å². The van der Waals surface area contributed by atoms with Crippen LogP contribution in [-0.4, -0.2) is 54.6 Å². The Morgan fingerprint density at radius 1 is 0.557 bits per heavy atom. The number of hydrogen-bond acceptors (Lipinski definition) is 22. The van der Waals surface area contributed by atoms with E-state index >= 15 is 0 Å². The average Bonchev–Trinajstić information content (AvgIpc) is 3.16. The Kier molecular flexibility index (Phi) is 13.9. The minimum absolute atomic E-state index is 0. The molecule has 1 radical (unpaired) electrons. The van der Waals surface area contributed by atoms with Gasteiger partial charge in [0, 0.05) is 35.3 Å². The Morgan fingerprint density at radius 3 is 1.75 bits per heavy atom. The number of nitrogens with zero attached hydrogens (tertiary/aromatic N) is 6. The molecule has 0 aliphatic carbocycles. The molecule has 0 amide bonds. The first-order chi connectivity index (χ1) is 27.9. The van der Waals surface area contributed by atoms with E-state index in [1.54, 1.807) is 18.2 Å². The molecule has 0 aromatic heterocycles. The zero-order valence-electron chi connectivity index (χ0n) is 33.6. The zero-order valence-corrected chi connectivity index (χ0v) is 33.3. The van der Waals surface area contributed by atoms with Crippen LogP contribution in [0.25, 0.3) is 21.5 Å². The van der Waals surface area contributed by atoms with E-state index < -0.39 is 90.2 Å². The Labute approximate surface area is 358 Å². The smallest absolute Gasteiger partial charge is 0.871 e. The third kappa shape index (κ3) is 11.2. The van der Waals surface area contributed by atoms with Gasteiger partial charge in [-0.3, -0.25) is 20.2 Å². The number of nitrogens with one attached hydrogen (secondary N) is 1. The van der Waals surface area contributed by atoms with Crippen molar-refractivity contribution in [2.75, 3.05) is 11.2 Å². The predicted octanol–water partition coefficient (Wildman–Crippen LogP) is 3.79. The summed E-state index contributed by atoms with van der Waals surface area (Å²) >= 11 is 0. The molecule has 28 heteroatoms. The molecule has 24 nitrogen and oxygen atoms in total. The van der Waals surface area contributed by atoms with E-state index in [1.807, 2.05) is 12.1 Å². The molecule has 6 aromatic carbocycles. The molecule has 61 heavy (non-hydrogen) atoms. The largest absolute Gasteiger partial charge is 3.00 e. The van der Waals surface area contributed by atoms with Crippen molar-refractivity contribution in [2.24, 2.45) is 20.5 Å². The second kappa shape index (κ2) is 18.2. The van der Waals surface area contributed by atoms with Crippen LogP contribution in [0.3, 0.4) is 0 Å². The van der Waals surface area contributed by atoms with E-state index in [0.29, 0.717) is 17.5 Å². The number of anilines is 1. The van der Waals surface area contributed by atoms with Crippen LogP contribution in [-0.2, 0) is 47.7 Å². The van der Waals surface area contributed by atoms with Gasteiger partial charge in [-0.15, -0.1) is 5.11 Å². The van der Waals surface area contributed by atoms with E-state index in [-0.39, 0.29) is 68.4 Å². The predicted molar refractivity (Wildman–Crippen MR) is 199 cm³/mol. The molecule has 0 fully saturated rings. The normalized spacial score (nSPS) is 11.9. The summed E-state index contributed by atoms with van der Waals surface area (Å²) in [6, 6.07) is 17.8. The topological polar surface area (TPSA) is 412 Å². The van der Waals surface area contributed by atoms with Crippen LogP contribution in [0.15, 0.2) is 121 Å². The van der Waals surface area contributed by atoms with Gasteiger partial charge in [-0.2, -0.15) is 15.3 Å². The molecule has 6 rings (SSSR count). The fraction of sp³-hybridized carbons (Fsp3) is 0.0303. The number of fused-ring (bicyclic) bond motifs is 2. The van der Waals surface area contributed by atoms with Crippen molar-refractivity contribution >= 4 is 91.7 Å². The molecular formula is C33H22CrN7O17S3. The molecule has 0 bridgehead atoms. The summed E-state index contributed by atoms with van der Waals surface area (Å²) in [5, 5.41) is 87.9. The standard InChI is InChI=1S/C17H14N4O13S3.C16H11N3O4.Cr/c22-16-11-4-9(18-7-35(26,27)28)2-1-8(11)3-13(36(29,30)31)15(16)20-19-12-5-10(21(24)25)6-14(17(12)23)37(32,33)34;20-14-8-6-11(19(22)23)9-13(14)17-18-16-12-4-2-1-3-10(12)5-7-15(16)21;/h1-6,18,22-23H,7H2,(H,26,27,28)(H,29,30,31)(H,32,33,34);1-9,20-21H;/q;;+3/p-3. The molecule has 0 spiro atoms. The SMILES string of the molecule is O=[N+]([O-])c1cc(N=Nc2c(S(=O)(=O)[O-])cc3ccc(NCS(=O)(=O)[O-])cc3c2[O-])c([O-])c(S(=O)(=O)[O-])c1.O=[N+]([O-])c1ccc([O-])c(N=Nc2c([O-])ccc3ccccc23)c1.[Cr+3].[H+].[H+].[H+].[H+]. The number of benzene rings is 6. The summed E-state index contributed by atoms with van der Waals surface area (Å²) in [7, 11) is -15.7. The number of nitro groups is 2. The van der Waals surface area contributed by atoms with Crippen LogP contribution < -0.4 is 25.7 Å². The molecule has 0 aliphatic heterocycles. The maximum absolute atomic E-state index is 13.0. The first-order valence-corrected chi connectivity index (χ1v) is 20.2. The van der Waals surface area contributed by atoms with Gasteiger partial charge in [0.2, 0.25) is 0 Å². The van der Waals surface area contributed by atoms with Crippen molar-refractivity contribution in [2.45, 2.75) is 9.79 Å². The van der Waals surface area contributed by atoms with Gasteiger partial charge in [-0.1, -0.05) is 71.5 Å². The van der Waals surface area contributed by atoms with Gasteiger partial charge in [0.25, 0.3) is 11.4 Å². The van der Waals surface area contributed by atoms with Gasteiger partial charge in [-0.05, 0) is 34.4 Å². The number of rotatable bonds is 11. The molecule has 0 heterocycles. The Hall–Kier alpha value is -6.90. The van der Waals surface area contributed by atoms with Crippen LogP contribution in [0.4, 0.5) is 39.8 Å². The zero-order chi connectivity index (χ0) is 44.3. The van der Waals surface area contributed by atoms with Gasteiger partial charge in [0.15, 0.2) is 0 Å². The maximum Gasteiger partial charge on any atom is 3.00 e. The Morgan fingerprint density at radius 2 is 1.13 bits per heavy atom. The monoisotopic (exact) mass is 936 g/mol. The Balaban J connectivity index is 0.00000127. The molecule has 6 aromatic rings. The first-order valence-electron chi connectivity index (χ1n) is 15.8. The van der Waals surface area contributed by atoms with Gasteiger partial charge in [-0.25, -0.2) is 25.3 Å². The van der Waals surface area contributed by atoms with Crippen molar-refractivity contribution < 1.29 is 92.3 Å². The van der Waals surface area contributed by atoms with E-state index in [2.05, 4.69) is 25.8 Å². The molecule has 0 aliphatic rings. The number of nitro benzene ring substituents is 2. The van der Waals surface area contributed by atoms with Crippen LogP contribution in [0.1, 0.15) is 5.71 Å². The average molecular weight is 937 g/mol. The molecule has 0 unspecified atom stereocenters. The number of hydrogen-bond donors (Lipinski definition) is 1. The van der Waals surface area contributed by atoms with Crippen molar-refractivity contribution in [1.82, 2.24) is 0 Å². The van der Waals surface area contributed by atoms with Crippen LogP contribution in [0.5, 0.6) is 23.0 Å². The third-order valence-corrected chi connectivity index (χ3v) is 9.98. The van der Waals surface area contributed by atoms with Gasteiger partial charge in [0.05, 0.1) is 42.4 Å². The second-order valence-corrected chi connectivity index (χ2v) is 15.9. The summed E-state index contributed by atoms with van der Waals surface area (Å²) in [6.45, 7) is 0. The number of azo groups is 2. The summed E-state index contributed by atoms with van der Waals surface area (Å²) < 4.78 is 102. The molecule has 0 saturated carbocycles. The van der Waals surface area contributed by atoms with Crippen molar-refractivity contribution in [1.29, 1.82) is 0 Å². The fourth-order valence-corrected chi connectivity index (χ4v) is 6.66.